The fraction of sp³-hybridized carbons (Fsp3) is 0.441. The van der Waals surface area contributed by atoms with Gasteiger partial charge in [-0.25, -0.2) is 0 Å². The molecule has 0 aliphatic carbocycles. The molecule has 0 unspecified atom stereocenters. The van der Waals surface area contributed by atoms with E-state index in [-0.39, 0.29) is 24.8 Å². The van der Waals surface area contributed by atoms with Crippen LogP contribution in [0.4, 0.5) is 0 Å². The smallest absolute Gasteiger partial charge is 0.162 e. The van der Waals surface area contributed by atoms with Gasteiger partial charge in [-0.1, -0.05) is 66.7 Å². The van der Waals surface area contributed by atoms with Gasteiger partial charge in [0.25, 0.3) is 0 Å². The van der Waals surface area contributed by atoms with Gasteiger partial charge in [0.1, 0.15) is 0 Å². The summed E-state index contributed by atoms with van der Waals surface area (Å²) in [6, 6.07) is 26.0. The Hall–Kier alpha value is -2.17. The zero-order valence-electron chi connectivity index (χ0n) is 23.3. The summed E-state index contributed by atoms with van der Waals surface area (Å²) in [5.41, 5.74) is 7.89. The second kappa shape index (κ2) is 15.6. The summed E-state index contributed by atoms with van der Waals surface area (Å²) < 4.78 is 0. The first kappa shape index (κ1) is 31.4. The molecule has 3 nitrogen and oxygen atoms in total. The summed E-state index contributed by atoms with van der Waals surface area (Å²) in [7, 11) is 0. The minimum absolute atomic E-state index is 0. The number of piperidine rings is 1. The maximum absolute atomic E-state index is 13.1. The van der Waals surface area contributed by atoms with E-state index in [1.54, 1.807) is 0 Å². The fourth-order valence-electron chi connectivity index (χ4n) is 6.14. The number of halogens is 2. The molecule has 0 atom stereocenters. The molecule has 0 aromatic heterocycles. The van der Waals surface area contributed by atoms with E-state index in [0.717, 1.165) is 50.5 Å². The van der Waals surface area contributed by atoms with E-state index in [0.29, 0.717) is 12.2 Å². The van der Waals surface area contributed by atoms with Crippen molar-refractivity contribution in [3.05, 3.63) is 106 Å². The number of hydrogen-bond donors (Lipinski definition) is 0. The summed E-state index contributed by atoms with van der Waals surface area (Å²) in [6.45, 7) is 8.66. The summed E-state index contributed by atoms with van der Waals surface area (Å²) in [5.74, 6) is 1.08. The van der Waals surface area contributed by atoms with Gasteiger partial charge in [0.05, 0.1) is 0 Å². The minimum atomic E-state index is 0. The van der Waals surface area contributed by atoms with Gasteiger partial charge in [-0.3, -0.25) is 14.6 Å². The number of hydrogen-bond acceptors (Lipinski definition) is 3. The number of rotatable bonds is 9. The Kier molecular flexibility index (Phi) is 12.5. The van der Waals surface area contributed by atoms with Gasteiger partial charge in [-0.05, 0) is 105 Å². The lowest BCUT2D eigenvalue weighted by Gasteiger charge is -2.32. The molecule has 0 spiro atoms. The number of Topliss-reactive ketones (excluding diaryl/α,β-unsaturated/α-hetero) is 1. The Bertz CT molecular complexity index is 1170. The van der Waals surface area contributed by atoms with E-state index in [1.807, 2.05) is 0 Å². The molecule has 0 radical (unpaired) electrons. The summed E-state index contributed by atoms with van der Waals surface area (Å²) in [5, 5.41) is 0. The van der Waals surface area contributed by atoms with E-state index < -0.39 is 0 Å². The molecular formula is C34H44Cl2N2O. The van der Waals surface area contributed by atoms with Gasteiger partial charge in [0.2, 0.25) is 0 Å². The van der Waals surface area contributed by atoms with Crippen LogP contribution >= 0.6 is 24.8 Å². The number of benzene rings is 3. The molecule has 3 aromatic rings. The predicted octanol–water partition coefficient (Wildman–Crippen LogP) is 8.05. The summed E-state index contributed by atoms with van der Waals surface area (Å²) in [6.07, 6.45) is 7.68. The van der Waals surface area contributed by atoms with Crippen LogP contribution in [0, 0.1) is 12.8 Å². The van der Waals surface area contributed by atoms with Crippen LogP contribution in [0.2, 0.25) is 0 Å². The van der Waals surface area contributed by atoms with Crippen LogP contribution in [0.5, 0.6) is 0 Å². The predicted molar refractivity (Wildman–Crippen MR) is 167 cm³/mol. The van der Waals surface area contributed by atoms with Gasteiger partial charge in [-0.15, -0.1) is 24.8 Å². The third-order valence-electron chi connectivity index (χ3n) is 8.47. The maximum atomic E-state index is 13.1. The molecule has 2 aliphatic rings. The zero-order chi connectivity index (χ0) is 25.5. The van der Waals surface area contributed by atoms with E-state index >= 15 is 0 Å². The van der Waals surface area contributed by atoms with E-state index in [1.165, 1.54) is 66.6 Å². The third-order valence-corrected chi connectivity index (χ3v) is 8.47. The fourth-order valence-corrected chi connectivity index (χ4v) is 6.14. The average Bonchev–Trinajstić information content (AvgIpc) is 3.12. The first-order valence-electron chi connectivity index (χ1n) is 14.3. The van der Waals surface area contributed by atoms with E-state index in [4.69, 9.17) is 0 Å². The first-order chi connectivity index (χ1) is 18.1. The van der Waals surface area contributed by atoms with E-state index in [9.17, 15) is 4.79 Å². The molecule has 1 fully saturated rings. The molecule has 1 saturated heterocycles. The molecule has 2 aliphatic heterocycles. The average molecular weight is 568 g/mol. The lowest BCUT2D eigenvalue weighted by molar-refractivity contribution is 0.0974. The lowest BCUT2D eigenvalue weighted by Crippen LogP contribution is -2.33. The van der Waals surface area contributed by atoms with Crippen LogP contribution in [-0.2, 0) is 26.1 Å². The van der Waals surface area contributed by atoms with Crippen LogP contribution in [0.3, 0.4) is 0 Å². The first-order valence-corrected chi connectivity index (χ1v) is 14.3. The van der Waals surface area contributed by atoms with Gasteiger partial charge < -0.3 is 0 Å². The van der Waals surface area contributed by atoms with Crippen molar-refractivity contribution in [2.75, 3.05) is 19.6 Å². The van der Waals surface area contributed by atoms with E-state index in [2.05, 4.69) is 89.5 Å². The molecule has 39 heavy (non-hydrogen) atoms. The highest BCUT2D eigenvalue weighted by Gasteiger charge is 2.21. The number of fused-ring (bicyclic) bond motifs is 1. The maximum Gasteiger partial charge on any atom is 0.162 e. The highest BCUT2D eigenvalue weighted by atomic mass is 35.5. The third kappa shape index (κ3) is 8.91. The highest BCUT2D eigenvalue weighted by molar-refractivity contribution is 5.96. The largest absolute Gasteiger partial charge is 0.299 e. The van der Waals surface area contributed by atoms with Crippen molar-refractivity contribution in [3.63, 3.8) is 0 Å². The second-order valence-corrected chi connectivity index (χ2v) is 11.2. The van der Waals surface area contributed by atoms with Crippen molar-refractivity contribution >= 4 is 30.6 Å². The Morgan fingerprint density at radius 1 is 0.821 bits per heavy atom. The Morgan fingerprint density at radius 2 is 1.56 bits per heavy atom. The zero-order valence-corrected chi connectivity index (χ0v) is 25.0. The topological polar surface area (TPSA) is 23.6 Å². The van der Waals surface area contributed by atoms with Crippen LogP contribution in [0.15, 0.2) is 72.8 Å². The van der Waals surface area contributed by atoms with Crippen molar-refractivity contribution in [2.45, 2.75) is 71.5 Å². The van der Waals surface area contributed by atoms with Crippen molar-refractivity contribution in [1.82, 2.24) is 9.80 Å². The Labute approximate surface area is 247 Å². The number of carbonyl (C=O) groups excluding carboxylic acids is 1. The summed E-state index contributed by atoms with van der Waals surface area (Å²) >= 11 is 0. The summed E-state index contributed by atoms with van der Waals surface area (Å²) in [4.78, 5) is 18.2. The monoisotopic (exact) mass is 566 g/mol. The Balaban J connectivity index is 0.00000210. The standard InChI is InChI=1S/C34H42N2O.2ClH/c1-27-9-5-6-13-32(27)25-35-21-18-28(19-22-35)12-7-15-34(37)31-17-16-30-14-8-20-36(26-33(30)23-31)24-29-10-3-2-4-11-29;;/h2-6,9-11,13,16-17,23,28H,7-8,12,14-15,18-22,24-26H2,1H3;2*1H. The molecule has 0 amide bonds. The van der Waals surface area contributed by atoms with Crippen molar-refractivity contribution in [3.8, 4) is 0 Å². The SMILES string of the molecule is Cc1ccccc1CN1CCC(CCCC(=O)c2ccc3c(c2)CN(Cc2ccccc2)CCC3)CC1.Cl.Cl. The molecule has 5 heteroatoms. The molecular weight excluding hydrogens is 523 g/mol. The van der Waals surface area contributed by atoms with Crippen LogP contribution in [0.25, 0.3) is 0 Å². The lowest BCUT2D eigenvalue weighted by atomic mass is 9.90. The van der Waals surface area contributed by atoms with Gasteiger partial charge in [0.15, 0.2) is 5.78 Å². The highest BCUT2D eigenvalue weighted by Crippen LogP contribution is 2.26. The normalized spacial score (nSPS) is 16.4. The molecule has 0 bridgehead atoms. The number of aryl methyl sites for hydroxylation is 2. The van der Waals surface area contributed by atoms with Crippen LogP contribution in [-0.4, -0.2) is 35.2 Å². The van der Waals surface area contributed by atoms with Gasteiger partial charge in [0, 0.05) is 31.6 Å². The molecule has 2 heterocycles. The van der Waals surface area contributed by atoms with Gasteiger partial charge >= 0.3 is 0 Å². The molecule has 0 N–H and O–H groups in total. The Morgan fingerprint density at radius 3 is 2.33 bits per heavy atom. The minimum Gasteiger partial charge on any atom is -0.299 e. The quantitative estimate of drug-likeness (QED) is 0.245. The number of ketones is 1. The number of likely N-dealkylation sites (tertiary alicyclic amines) is 1. The van der Waals surface area contributed by atoms with Crippen LogP contribution < -0.4 is 0 Å². The van der Waals surface area contributed by atoms with Crippen LogP contribution in [0.1, 0.15) is 76.7 Å². The van der Waals surface area contributed by atoms with Gasteiger partial charge in [-0.2, -0.15) is 0 Å². The molecule has 210 valence electrons. The van der Waals surface area contributed by atoms with Crippen molar-refractivity contribution in [2.24, 2.45) is 5.92 Å². The van der Waals surface area contributed by atoms with Crippen molar-refractivity contribution in [1.29, 1.82) is 0 Å². The van der Waals surface area contributed by atoms with Crippen molar-refractivity contribution < 1.29 is 4.79 Å². The number of carbonyl (C=O) groups is 1. The molecule has 5 rings (SSSR count). The second-order valence-electron chi connectivity index (χ2n) is 11.2. The number of nitrogens with zero attached hydrogens (tertiary/aromatic N) is 2. The molecule has 0 saturated carbocycles. The molecule has 3 aromatic carbocycles.